The van der Waals surface area contributed by atoms with Crippen molar-refractivity contribution >= 4 is 5.91 Å². The van der Waals surface area contributed by atoms with Crippen LogP contribution in [0.1, 0.15) is 34.3 Å². The molecule has 0 aliphatic carbocycles. The SMILES string of the molecule is Cc1cc(C)cc(C(=O)NC2(CN)CCOCC2)c1. The number of hydrogen-bond donors (Lipinski definition) is 2. The first-order valence-electron chi connectivity index (χ1n) is 6.73. The molecule has 2 rings (SSSR count). The van der Waals surface area contributed by atoms with Crippen molar-refractivity contribution in [2.45, 2.75) is 32.2 Å². The quantitative estimate of drug-likeness (QED) is 0.868. The van der Waals surface area contributed by atoms with Gasteiger partial charge in [0.1, 0.15) is 0 Å². The Morgan fingerprint density at radius 3 is 2.37 bits per heavy atom. The van der Waals surface area contributed by atoms with Crippen LogP contribution in [0.5, 0.6) is 0 Å². The van der Waals surface area contributed by atoms with Gasteiger partial charge in [-0.15, -0.1) is 0 Å². The van der Waals surface area contributed by atoms with Crippen molar-refractivity contribution in [2.24, 2.45) is 5.73 Å². The Bertz CT molecular complexity index is 445. The summed E-state index contributed by atoms with van der Waals surface area (Å²) in [5.41, 5.74) is 8.44. The molecule has 4 nitrogen and oxygen atoms in total. The highest BCUT2D eigenvalue weighted by molar-refractivity contribution is 5.95. The van der Waals surface area contributed by atoms with E-state index in [1.54, 1.807) is 0 Å². The fourth-order valence-electron chi connectivity index (χ4n) is 2.56. The number of carbonyl (C=O) groups excluding carboxylic acids is 1. The van der Waals surface area contributed by atoms with E-state index in [1.807, 2.05) is 26.0 Å². The third-order valence-electron chi connectivity index (χ3n) is 3.70. The second-order valence-electron chi connectivity index (χ2n) is 5.43. The number of nitrogens with two attached hydrogens (primary N) is 1. The molecule has 1 saturated heterocycles. The number of aryl methyl sites for hydroxylation is 2. The number of carbonyl (C=O) groups is 1. The van der Waals surface area contributed by atoms with Gasteiger partial charge in [0.15, 0.2) is 0 Å². The lowest BCUT2D eigenvalue weighted by molar-refractivity contribution is 0.0388. The van der Waals surface area contributed by atoms with Crippen LogP contribution in [-0.4, -0.2) is 31.2 Å². The average molecular weight is 262 g/mol. The van der Waals surface area contributed by atoms with Gasteiger partial charge in [-0.05, 0) is 38.8 Å². The lowest BCUT2D eigenvalue weighted by atomic mass is 9.89. The standard InChI is InChI=1S/C15H22N2O2/c1-11-7-12(2)9-13(8-11)14(18)17-15(10-16)3-5-19-6-4-15/h7-9H,3-6,10,16H2,1-2H3,(H,17,18). The first-order valence-corrected chi connectivity index (χ1v) is 6.73. The number of benzene rings is 1. The topological polar surface area (TPSA) is 64.4 Å². The van der Waals surface area contributed by atoms with Gasteiger partial charge in [0.25, 0.3) is 5.91 Å². The molecule has 0 bridgehead atoms. The van der Waals surface area contributed by atoms with Crippen molar-refractivity contribution in [3.8, 4) is 0 Å². The first kappa shape index (κ1) is 14.0. The van der Waals surface area contributed by atoms with Crippen molar-refractivity contribution in [1.29, 1.82) is 0 Å². The lowest BCUT2D eigenvalue weighted by Gasteiger charge is -2.37. The zero-order valence-corrected chi connectivity index (χ0v) is 11.7. The van der Waals surface area contributed by atoms with Gasteiger partial charge < -0.3 is 15.8 Å². The monoisotopic (exact) mass is 262 g/mol. The van der Waals surface area contributed by atoms with Crippen molar-refractivity contribution in [2.75, 3.05) is 19.8 Å². The second kappa shape index (κ2) is 5.72. The minimum atomic E-state index is -0.313. The third kappa shape index (κ3) is 3.33. The predicted molar refractivity (Wildman–Crippen MR) is 75.2 cm³/mol. The van der Waals surface area contributed by atoms with E-state index in [2.05, 4.69) is 11.4 Å². The van der Waals surface area contributed by atoms with Crippen molar-refractivity contribution < 1.29 is 9.53 Å². The molecular formula is C15H22N2O2. The molecule has 104 valence electrons. The Kier molecular flexibility index (Phi) is 4.22. The summed E-state index contributed by atoms with van der Waals surface area (Å²) >= 11 is 0. The normalized spacial score (nSPS) is 18.1. The summed E-state index contributed by atoms with van der Waals surface area (Å²) in [6.07, 6.45) is 1.56. The number of ether oxygens (including phenoxy) is 1. The van der Waals surface area contributed by atoms with E-state index in [4.69, 9.17) is 10.5 Å². The van der Waals surface area contributed by atoms with Crippen molar-refractivity contribution in [3.05, 3.63) is 34.9 Å². The van der Waals surface area contributed by atoms with E-state index in [9.17, 15) is 4.79 Å². The van der Waals surface area contributed by atoms with E-state index in [1.165, 1.54) is 0 Å². The zero-order chi connectivity index (χ0) is 13.9. The van der Waals surface area contributed by atoms with Crippen LogP contribution in [0.25, 0.3) is 0 Å². The molecule has 0 saturated carbocycles. The van der Waals surface area contributed by atoms with Crippen LogP contribution < -0.4 is 11.1 Å². The molecule has 1 aliphatic rings. The van der Waals surface area contributed by atoms with Crippen LogP contribution in [-0.2, 0) is 4.74 Å². The zero-order valence-electron chi connectivity index (χ0n) is 11.7. The maximum atomic E-state index is 12.4. The van der Waals surface area contributed by atoms with Crippen LogP contribution in [0.3, 0.4) is 0 Å². The summed E-state index contributed by atoms with van der Waals surface area (Å²) in [5, 5.41) is 3.11. The van der Waals surface area contributed by atoms with Gasteiger partial charge in [-0.3, -0.25) is 4.79 Å². The fourth-order valence-corrected chi connectivity index (χ4v) is 2.56. The summed E-state index contributed by atoms with van der Waals surface area (Å²) in [4.78, 5) is 12.4. The number of nitrogens with one attached hydrogen (secondary N) is 1. The van der Waals surface area contributed by atoms with Crippen LogP contribution in [0.4, 0.5) is 0 Å². The Morgan fingerprint density at radius 1 is 1.26 bits per heavy atom. The van der Waals surface area contributed by atoms with E-state index in [-0.39, 0.29) is 11.4 Å². The van der Waals surface area contributed by atoms with Crippen LogP contribution in [0.15, 0.2) is 18.2 Å². The summed E-state index contributed by atoms with van der Waals surface area (Å²) in [6.45, 7) is 5.76. The summed E-state index contributed by atoms with van der Waals surface area (Å²) < 4.78 is 5.35. The maximum Gasteiger partial charge on any atom is 0.251 e. The summed E-state index contributed by atoms with van der Waals surface area (Å²) in [5.74, 6) is -0.0425. The molecule has 0 unspecified atom stereocenters. The van der Waals surface area contributed by atoms with Gasteiger partial charge in [0, 0.05) is 25.3 Å². The molecule has 19 heavy (non-hydrogen) atoms. The van der Waals surface area contributed by atoms with Crippen LogP contribution in [0, 0.1) is 13.8 Å². The molecule has 1 heterocycles. The Labute approximate surface area is 114 Å². The Hall–Kier alpha value is -1.39. The molecule has 1 aliphatic heterocycles. The summed E-state index contributed by atoms with van der Waals surface area (Å²) in [7, 11) is 0. The number of hydrogen-bond acceptors (Lipinski definition) is 3. The highest BCUT2D eigenvalue weighted by Crippen LogP contribution is 2.20. The molecule has 1 fully saturated rings. The van der Waals surface area contributed by atoms with Gasteiger partial charge in [-0.2, -0.15) is 0 Å². The molecule has 0 radical (unpaired) electrons. The maximum absolute atomic E-state index is 12.4. The highest BCUT2D eigenvalue weighted by Gasteiger charge is 2.32. The van der Waals surface area contributed by atoms with Gasteiger partial charge in [-0.1, -0.05) is 17.2 Å². The molecule has 0 aromatic heterocycles. The smallest absolute Gasteiger partial charge is 0.251 e. The summed E-state index contributed by atoms with van der Waals surface area (Å²) in [6, 6.07) is 5.88. The minimum Gasteiger partial charge on any atom is -0.381 e. The molecular weight excluding hydrogens is 240 g/mol. The van der Waals surface area contributed by atoms with Crippen LogP contribution >= 0.6 is 0 Å². The van der Waals surface area contributed by atoms with Crippen LogP contribution in [0.2, 0.25) is 0 Å². The van der Waals surface area contributed by atoms with Gasteiger partial charge in [0.2, 0.25) is 0 Å². The Balaban J connectivity index is 2.15. The molecule has 0 atom stereocenters. The Morgan fingerprint density at radius 2 is 1.84 bits per heavy atom. The molecule has 0 spiro atoms. The molecule has 4 heteroatoms. The van der Waals surface area contributed by atoms with Crippen molar-refractivity contribution in [3.63, 3.8) is 0 Å². The molecule has 1 aromatic carbocycles. The van der Waals surface area contributed by atoms with E-state index in [0.29, 0.717) is 25.3 Å². The van der Waals surface area contributed by atoms with E-state index < -0.39 is 0 Å². The second-order valence-corrected chi connectivity index (χ2v) is 5.43. The van der Waals surface area contributed by atoms with Gasteiger partial charge >= 0.3 is 0 Å². The van der Waals surface area contributed by atoms with E-state index in [0.717, 1.165) is 24.0 Å². The first-order chi connectivity index (χ1) is 9.04. The predicted octanol–water partition coefficient (Wildman–Crippen LogP) is 1.54. The van der Waals surface area contributed by atoms with Crippen molar-refractivity contribution in [1.82, 2.24) is 5.32 Å². The molecule has 1 amide bonds. The van der Waals surface area contributed by atoms with Gasteiger partial charge in [0.05, 0.1) is 5.54 Å². The third-order valence-corrected chi connectivity index (χ3v) is 3.70. The highest BCUT2D eigenvalue weighted by atomic mass is 16.5. The average Bonchev–Trinajstić information content (AvgIpc) is 2.38. The molecule has 3 N–H and O–H groups in total. The molecule has 1 aromatic rings. The fraction of sp³-hybridized carbons (Fsp3) is 0.533. The minimum absolute atomic E-state index is 0.0425. The number of amides is 1. The number of rotatable bonds is 3. The van der Waals surface area contributed by atoms with E-state index >= 15 is 0 Å². The largest absolute Gasteiger partial charge is 0.381 e. The van der Waals surface area contributed by atoms with Gasteiger partial charge in [-0.25, -0.2) is 0 Å². The lowest BCUT2D eigenvalue weighted by Crippen LogP contribution is -2.56.